The Labute approximate surface area is 104 Å². The zero-order valence-corrected chi connectivity index (χ0v) is 11.1. The van der Waals surface area contributed by atoms with Crippen molar-refractivity contribution in [3.63, 3.8) is 0 Å². The molecule has 0 saturated heterocycles. The number of thiophene rings is 1. The molecular weight excluding hydrogens is 240 g/mol. The summed E-state index contributed by atoms with van der Waals surface area (Å²) in [6.07, 6.45) is 0. The molecule has 1 heterocycles. The summed E-state index contributed by atoms with van der Waals surface area (Å²) < 4.78 is 0. The topological polar surface area (TPSA) is 72.2 Å². The average molecular weight is 256 g/mol. The van der Waals surface area contributed by atoms with E-state index in [1.165, 1.54) is 6.07 Å². The smallest absolute Gasteiger partial charge is 0.283 e. The van der Waals surface area contributed by atoms with E-state index in [1.54, 1.807) is 6.92 Å². The van der Waals surface area contributed by atoms with Crippen LogP contribution in [0.25, 0.3) is 0 Å². The molecule has 0 spiro atoms. The van der Waals surface area contributed by atoms with Gasteiger partial charge in [-0.2, -0.15) is 0 Å². The van der Waals surface area contributed by atoms with Gasteiger partial charge >= 0.3 is 0 Å². The summed E-state index contributed by atoms with van der Waals surface area (Å²) in [4.78, 5) is 23.0. The predicted octanol–water partition coefficient (Wildman–Crippen LogP) is 2.74. The van der Waals surface area contributed by atoms with Gasteiger partial charge in [-0.15, -0.1) is 11.3 Å². The lowest BCUT2D eigenvalue weighted by Crippen LogP contribution is -2.35. The molecule has 0 aliphatic rings. The SMILES string of the molecule is Cc1sc(C(=O)NC(C)C(C)C)cc1[N+](=O)[O-]. The van der Waals surface area contributed by atoms with Crippen LogP contribution in [-0.4, -0.2) is 16.9 Å². The van der Waals surface area contributed by atoms with Crippen LogP contribution in [0, 0.1) is 23.0 Å². The summed E-state index contributed by atoms with van der Waals surface area (Å²) in [7, 11) is 0. The molecule has 17 heavy (non-hydrogen) atoms. The Hall–Kier alpha value is -1.43. The molecule has 1 aromatic rings. The van der Waals surface area contributed by atoms with Crippen LogP contribution in [0.5, 0.6) is 0 Å². The molecule has 5 nitrogen and oxygen atoms in total. The van der Waals surface area contributed by atoms with Crippen LogP contribution in [0.4, 0.5) is 5.69 Å². The highest BCUT2D eigenvalue weighted by Crippen LogP contribution is 2.28. The Morgan fingerprint density at radius 3 is 2.47 bits per heavy atom. The van der Waals surface area contributed by atoms with Crippen LogP contribution in [0.15, 0.2) is 6.07 Å². The molecule has 1 amide bonds. The lowest BCUT2D eigenvalue weighted by molar-refractivity contribution is -0.385. The first-order valence-corrected chi connectivity index (χ1v) is 6.20. The van der Waals surface area contributed by atoms with E-state index in [9.17, 15) is 14.9 Å². The van der Waals surface area contributed by atoms with Crippen LogP contribution >= 0.6 is 11.3 Å². The largest absolute Gasteiger partial charge is 0.349 e. The molecule has 0 saturated carbocycles. The van der Waals surface area contributed by atoms with Gasteiger partial charge < -0.3 is 5.32 Å². The second-order valence-corrected chi connectivity index (χ2v) is 5.57. The van der Waals surface area contributed by atoms with Gasteiger partial charge in [-0.25, -0.2) is 0 Å². The summed E-state index contributed by atoms with van der Waals surface area (Å²) in [5.74, 6) is 0.0856. The third-order valence-corrected chi connectivity index (χ3v) is 3.71. The highest BCUT2D eigenvalue weighted by Gasteiger charge is 2.20. The monoisotopic (exact) mass is 256 g/mol. The number of rotatable bonds is 4. The molecule has 0 aromatic carbocycles. The second-order valence-electron chi connectivity index (χ2n) is 4.32. The summed E-state index contributed by atoms with van der Waals surface area (Å²) in [6.45, 7) is 7.57. The third kappa shape index (κ3) is 3.26. The Balaban J connectivity index is 2.83. The zero-order chi connectivity index (χ0) is 13.2. The van der Waals surface area contributed by atoms with Crippen molar-refractivity contribution in [1.29, 1.82) is 0 Å². The Kier molecular flexibility index (Phi) is 4.22. The number of carbonyl (C=O) groups excluding carboxylic acids is 1. The van der Waals surface area contributed by atoms with E-state index >= 15 is 0 Å². The predicted molar refractivity (Wildman–Crippen MR) is 67.5 cm³/mol. The fraction of sp³-hybridized carbons (Fsp3) is 0.545. The van der Waals surface area contributed by atoms with Crippen molar-refractivity contribution in [2.24, 2.45) is 5.92 Å². The molecule has 0 aliphatic heterocycles. The molecule has 0 bridgehead atoms. The van der Waals surface area contributed by atoms with Gasteiger partial charge in [-0.05, 0) is 19.8 Å². The van der Waals surface area contributed by atoms with Gasteiger partial charge in [0.1, 0.15) is 0 Å². The molecule has 1 aromatic heterocycles. The Morgan fingerprint density at radius 1 is 1.47 bits per heavy atom. The average Bonchev–Trinajstić information content (AvgIpc) is 2.60. The van der Waals surface area contributed by atoms with Crippen LogP contribution in [-0.2, 0) is 0 Å². The van der Waals surface area contributed by atoms with Crippen molar-refractivity contribution < 1.29 is 9.72 Å². The first-order chi connectivity index (χ1) is 7.82. The lowest BCUT2D eigenvalue weighted by atomic mass is 10.1. The van der Waals surface area contributed by atoms with Gasteiger partial charge in [0.05, 0.1) is 14.7 Å². The number of nitrogens with zero attached hydrogens (tertiary/aromatic N) is 1. The summed E-state index contributed by atoms with van der Waals surface area (Å²) in [6, 6.07) is 1.38. The normalized spacial score (nSPS) is 12.5. The van der Waals surface area contributed by atoms with Crippen molar-refractivity contribution in [3.05, 3.63) is 25.9 Å². The zero-order valence-electron chi connectivity index (χ0n) is 10.3. The van der Waals surface area contributed by atoms with Crippen LogP contribution in [0.3, 0.4) is 0 Å². The van der Waals surface area contributed by atoms with E-state index in [0.29, 0.717) is 15.7 Å². The Bertz CT molecular complexity index is 440. The van der Waals surface area contributed by atoms with Crippen LogP contribution in [0.2, 0.25) is 0 Å². The van der Waals surface area contributed by atoms with Crippen molar-refractivity contribution in [3.8, 4) is 0 Å². The molecular formula is C11H16N2O3S. The fourth-order valence-corrected chi connectivity index (χ4v) is 2.10. The number of amides is 1. The standard InChI is InChI=1S/C11H16N2O3S/c1-6(2)7(3)12-11(14)10-5-9(13(15)16)8(4)17-10/h5-7H,1-4H3,(H,12,14). The third-order valence-electron chi connectivity index (χ3n) is 2.67. The Morgan fingerprint density at radius 2 is 2.06 bits per heavy atom. The number of aryl methyl sites for hydroxylation is 1. The fourth-order valence-electron chi connectivity index (χ4n) is 1.21. The molecule has 6 heteroatoms. The summed E-state index contributed by atoms with van der Waals surface area (Å²) in [5, 5.41) is 13.5. The van der Waals surface area contributed by atoms with Gasteiger partial charge in [0.2, 0.25) is 0 Å². The summed E-state index contributed by atoms with van der Waals surface area (Å²) >= 11 is 1.15. The molecule has 94 valence electrons. The van der Waals surface area contributed by atoms with Gasteiger partial charge in [0, 0.05) is 12.1 Å². The van der Waals surface area contributed by atoms with E-state index in [2.05, 4.69) is 5.32 Å². The van der Waals surface area contributed by atoms with Gasteiger partial charge in [0.25, 0.3) is 11.6 Å². The van der Waals surface area contributed by atoms with E-state index in [1.807, 2.05) is 20.8 Å². The first kappa shape index (κ1) is 13.6. The van der Waals surface area contributed by atoms with Crippen molar-refractivity contribution in [1.82, 2.24) is 5.32 Å². The van der Waals surface area contributed by atoms with Crippen molar-refractivity contribution in [2.45, 2.75) is 33.7 Å². The lowest BCUT2D eigenvalue weighted by Gasteiger charge is -2.16. The molecule has 1 unspecified atom stereocenters. The van der Waals surface area contributed by atoms with Gasteiger partial charge in [-0.3, -0.25) is 14.9 Å². The molecule has 0 fully saturated rings. The first-order valence-electron chi connectivity index (χ1n) is 5.38. The molecule has 1 N–H and O–H groups in total. The summed E-state index contributed by atoms with van der Waals surface area (Å²) in [5.41, 5.74) is 0.0114. The van der Waals surface area contributed by atoms with E-state index < -0.39 is 4.92 Å². The van der Waals surface area contributed by atoms with Gasteiger partial charge in [0.15, 0.2) is 0 Å². The molecule has 1 atom stereocenters. The molecule has 0 radical (unpaired) electrons. The van der Waals surface area contributed by atoms with E-state index in [4.69, 9.17) is 0 Å². The maximum absolute atomic E-state index is 11.8. The minimum Gasteiger partial charge on any atom is -0.349 e. The van der Waals surface area contributed by atoms with Crippen LogP contribution < -0.4 is 5.32 Å². The number of nitrogens with one attached hydrogen (secondary N) is 1. The maximum atomic E-state index is 11.8. The highest BCUT2D eigenvalue weighted by atomic mass is 32.1. The number of carbonyl (C=O) groups is 1. The van der Waals surface area contributed by atoms with E-state index in [-0.39, 0.29) is 17.6 Å². The maximum Gasteiger partial charge on any atom is 0.283 e. The van der Waals surface area contributed by atoms with Crippen molar-refractivity contribution >= 4 is 22.9 Å². The minimum absolute atomic E-state index is 0.0114. The minimum atomic E-state index is -0.464. The second kappa shape index (κ2) is 5.27. The molecule has 0 aliphatic carbocycles. The van der Waals surface area contributed by atoms with Crippen LogP contribution in [0.1, 0.15) is 35.3 Å². The number of hydrogen-bond donors (Lipinski definition) is 1. The highest BCUT2D eigenvalue weighted by molar-refractivity contribution is 7.14. The quantitative estimate of drug-likeness (QED) is 0.665. The van der Waals surface area contributed by atoms with E-state index in [0.717, 1.165) is 11.3 Å². The molecule has 1 rings (SSSR count). The number of hydrogen-bond acceptors (Lipinski definition) is 4. The van der Waals surface area contributed by atoms with Crippen molar-refractivity contribution in [2.75, 3.05) is 0 Å². The van der Waals surface area contributed by atoms with Gasteiger partial charge in [-0.1, -0.05) is 13.8 Å². The number of nitro groups is 1.